The molecule has 0 saturated carbocycles. The molecule has 0 aliphatic carbocycles. The van der Waals surface area contributed by atoms with E-state index in [2.05, 4.69) is 5.32 Å². The molecule has 5 heteroatoms. The van der Waals surface area contributed by atoms with Crippen LogP contribution in [-0.2, 0) is 11.2 Å². The van der Waals surface area contributed by atoms with E-state index >= 15 is 0 Å². The molecule has 3 rings (SSSR count). The van der Waals surface area contributed by atoms with Crippen molar-refractivity contribution >= 4 is 11.6 Å². The van der Waals surface area contributed by atoms with E-state index in [1.165, 1.54) is 6.07 Å². The summed E-state index contributed by atoms with van der Waals surface area (Å²) < 4.78 is 28.1. The number of hydrogen-bond donors (Lipinski definition) is 1. The van der Waals surface area contributed by atoms with Crippen molar-refractivity contribution in [2.45, 2.75) is 12.5 Å². The maximum absolute atomic E-state index is 13.3. The van der Waals surface area contributed by atoms with Crippen LogP contribution in [0.15, 0.2) is 73.1 Å². The van der Waals surface area contributed by atoms with Crippen molar-refractivity contribution in [3.8, 4) is 0 Å². The number of carbonyl (C=O) groups is 1. The Morgan fingerprint density at radius 2 is 1.67 bits per heavy atom. The van der Waals surface area contributed by atoms with Gasteiger partial charge in [0.15, 0.2) is 11.6 Å². The molecule has 2 aromatic carbocycles. The van der Waals surface area contributed by atoms with E-state index in [9.17, 15) is 13.6 Å². The molecule has 0 radical (unpaired) electrons. The van der Waals surface area contributed by atoms with Crippen molar-refractivity contribution in [3.63, 3.8) is 0 Å². The van der Waals surface area contributed by atoms with E-state index in [-0.39, 0.29) is 11.6 Å². The van der Waals surface area contributed by atoms with Gasteiger partial charge in [-0.05, 0) is 29.8 Å². The average Bonchev–Trinajstić information content (AvgIpc) is 3.11. The monoisotopic (exact) mass is 326 g/mol. The van der Waals surface area contributed by atoms with Crippen LogP contribution in [0.2, 0.25) is 0 Å². The third kappa shape index (κ3) is 3.68. The summed E-state index contributed by atoms with van der Waals surface area (Å²) in [6, 6.07) is 16.1. The summed E-state index contributed by atoms with van der Waals surface area (Å²) in [5.41, 5.74) is 1.24. The zero-order valence-corrected chi connectivity index (χ0v) is 12.8. The molecule has 1 heterocycles. The predicted molar refractivity (Wildman–Crippen MR) is 88.6 cm³/mol. The second kappa shape index (κ2) is 7.08. The summed E-state index contributed by atoms with van der Waals surface area (Å²) >= 11 is 0. The Kier molecular flexibility index (Phi) is 4.70. The van der Waals surface area contributed by atoms with Crippen molar-refractivity contribution in [2.75, 3.05) is 5.32 Å². The lowest BCUT2D eigenvalue weighted by Gasteiger charge is -2.19. The summed E-state index contributed by atoms with van der Waals surface area (Å²) in [6.45, 7) is 0. The lowest BCUT2D eigenvalue weighted by atomic mass is 10.0. The molecule has 0 spiro atoms. The number of amides is 1. The molecule has 0 unspecified atom stereocenters. The minimum atomic E-state index is -0.992. The maximum atomic E-state index is 13.3. The molecule has 1 amide bonds. The van der Waals surface area contributed by atoms with Crippen LogP contribution < -0.4 is 5.32 Å². The summed E-state index contributed by atoms with van der Waals surface area (Å²) in [5.74, 6) is -2.23. The first-order valence-electron chi connectivity index (χ1n) is 7.56. The highest BCUT2D eigenvalue weighted by atomic mass is 19.2. The summed E-state index contributed by atoms with van der Waals surface area (Å²) in [7, 11) is 0. The molecule has 122 valence electrons. The van der Waals surface area contributed by atoms with Gasteiger partial charge < -0.3 is 9.88 Å². The van der Waals surface area contributed by atoms with Crippen LogP contribution in [0.5, 0.6) is 0 Å². The first-order valence-corrected chi connectivity index (χ1v) is 7.56. The first-order chi connectivity index (χ1) is 11.6. The van der Waals surface area contributed by atoms with Gasteiger partial charge in [0.05, 0.1) is 0 Å². The molecule has 0 aliphatic rings. The molecule has 24 heavy (non-hydrogen) atoms. The SMILES string of the molecule is O=C(Nc1ccc(F)c(F)c1)[C@@H](Cc1ccccc1)n1cccc1. The molecule has 0 aliphatic heterocycles. The summed E-state index contributed by atoms with van der Waals surface area (Å²) in [6.07, 6.45) is 4.10. The van der Waals surface area contributed by atoms with Gasteiger partial charge in [0.2, 0.25) is 5.91 Å². The fraction of sp³-hybridized carbons (Fsp3) is 0.105. The standard InChI is InChI=1S/C19H16F2N2O/c20-16-9-8-15(13-17(16)21)22-19(24)18(23-10-4-5-11-23)12-14-6-2-1-3-7-14/h1-11,13,18H,12H2,(H,22,24)/t18-/m1/s1. The van der Waals surface area contributed by atoms with Gasteiger partial charge in [-0.25, -0.2) is 8.78 Å². The minimum Gasteiger partial charge on any atom is -0.342 e. The van der Waals surface area contributed by atoms with Gasteiger partial charge in [-0.1, -0.05) is 30.3 Å². The predicted octanol–water partition coefficient (Wildman–Crippen LogP) is 4.19. The Morgan fingerprint density at radius 3 is 2.33 bits per heavy atom. The molecular weight excluding hydrogens is 310 g/mol. The molecule has 0 fully saturated rings. The zero-order chi connectivity index (χ0) is 16.9. The lowest BCUT2D eigenvalue weighted by molar-refractivity contribution is -0.119. The van der Waals surface area contributed by atoms with Crippen molar-refractivity contribution in [1.82, 2.24) is 4.57 Å². The van der Waals surface area contributed by atoms with Crippen LogP contribution in [0.3, 0.4) is 0 Å². The number of benzene rings is 2. The van der Waals surface area contributed by atoms with E-state index in [1.54, 1.807) is 17.0 Å². The second-order valence-electron chi connectivity index (χ2n) is 5.45. The Bertz CT molecular complexity index is 817. The third-order valence-corrected chi connectivity index (χ3v) is 3.75. The van der Waals surface area contributed by atoms with Crippen LogP contribution in [-0.4, -0.2) is 10.5 Å². The highest BCUT2D eigenvalue weighted by molar-refractivity contribution is 5.93. The lowest BCUT2D eigenvalue weighted by Crippen LogP contribution is -2.27. The van der Waals surface area contributed by atoms with E-state index in [0.717, 1.165) is 17.7 Å². The van der Waals surface area contributed by atoms with Crippen LogP contribution in [0.25, 0.3) is 0 Å². The molecule has 1 aromatic heterocycles. The van der Waals surface area contributed by atoms with Crippen molar-refractivity contribution < 1.29 is 13.6 Å². The molecular formula is C19H16F2N2O. The molecule has 3 nitrogen and oxygen atoms in total. The summed E-state index contributed by atoms with van der Waals surface area (Å²) in [4.78, 5) is 12.7. The smallest absolute Gasteiger partial charge is 0.247 e. The number of carbonyl (C=O) groups excluding carboxylic acids is 1. The fourth-order valence-electron chi connectivity index (χ4n) is 2.53. The van der Waals surface area contributed by atoms with E-state index in [0.29, 0.717) is 6.42 Å². The Balaban J connectivity index is 1.82. The van der Waals surface area contributed by atoms with E-state index < -0.39 is 17.7 Å². The number of rotatable bonds is 5. The van der Waals surface area contributed by atoms with Crippen LogP contribution in [0.4, 0.5) is 14.5 Å². The van der Waals surface area contributed by atoms with E-state index in [4.69, 9.17) is 0 Å². The van der Waals surface area contributed by atoms with Crippen molar-refractivity contribution in [2.24, 2.45) is 0 Å². The van der Waals surface area contributed by atoms with Gasteiger partial charge in [0.1, 0.15) is 6.04 Å². The van der Waals surface area contributed by atoms with Gasteiger partial charge in [0, 0.05) is 30.6 Å². The van der Waals surface area contributed by atoms with Gasteiger partial charge in [-0.2, -0.15) is 0 Å². The largest absolute Gasteiger partial charge is 0.342 e. The highest BCUT2D eigenvalue weighted by Crippen LogP contribution is 2.19. The number of anilines is 1. The molecule has 1 N–H and O–H groups in total. The number of hydrogen-bond acceptors (Lipinski definition) is 1. The van der Waals surface area contributed by atoms with Crippen LogP contribution >= 0.6 is 0 Å². The average molecular weight is 326 g/mol. The Hall–Kier alpha value is -2.95. The quantitative estimate of drug-likeness (QED) is 0.749. The molecule has 1 atom stereocenters. The zero-order valence-electron chi connectivity index (χ0n) is 12.8. The number of nitrogens with zero attached hydrogens (tertiary/aromatic N) is 1. The fourth-order valence-corrected chi connectivity index (χ4v) is 2.53. The van der Waals surface area contributed by atoms with E-state index in [1.807, 2.05) is 42.5 Å². The Labute approximate surface area is 138 Å². The van der Waals surface area contributed by atoms with Crippen molar-refractivity contribution in [3.05, 3.63) is 90.3 Å². The summed E-state index contributed by atoms with van der Waals surface area (Å²) in [5, 5.41) is 2.65. The normalized spacial score (nSPS) is 11.9. The first kappa shape index (κ1) is 15.9. The Morgan fingerprint density at radius 1 is 0.958 bits per heavy atom. The number of aromatic nitrogens is 1. The van der Waals surface area contributed by atoms with Crippen LogP contribution in [0, 0.1) is 11.6 Å². The van der Waals surface area contributed by atoms with Crippen LogP contribution in [0.1, 0.15) is 11.6 Å². The minimum absolute atomic E-state index is 0.226. The molecule has 3 aromatic rings. The van der Waals surface area contributed by atoms with Gasteiger partial charge in [0.25, 0.3) is 0 Å². The number of nitrogens with one attached hydrogen (secondary N) is 1. The second-order valence-corrected chi connectivity index (χ2v) is 5.45. The topological polar surface area (TPSA) is 34.0 Å². The molecule has 0 bridgehead atoms. The number of halogens is 2. The maximum Gasteiger partial charge on any atom is 0.247 e. The third-order valence-electron chi connectivity index (χ3n) is 3.75. The van der Waals surface area contributed by atoms with Gasteiger partial charge in [-0.15, -0.1) is 0 Å². The van der Waals surface area contributed by atoms with Gasteiger partial charge >= 0.3 is 0 Å². The van der Waals surface area contributed by atoms with Crippen molar-refractivity contribution in [1.29, 1.82) is 0 Å². The highest BCUT2D eigenvalue weighted by Gasteiger charge is 2.20. The molecule has 0 saturated heterocycles. The van der Waals surface area contributed by atoms with Gasteiger partial charge in [-0.3, -0.25) is 4.79 Å².